The largest absolute Gasteiger partial charge is 0.242 e. The highest BCUT2D eigenvalue weighted by Crippen LogP contribution is 2.00. The van der Waals surface area contributed by atoms with E-state index in [1.54, 1.807) is 18.5 Å². The van der Waals surface area contributed by atoms with Crippen molar-refractivity contribution < 1.29 is 4.21 Å². The van der Waals surface area contributed by atoms with Crippen molar-refractivity contribution in [2.24, 2.45) is 4.36 Å². The Morgan fingerprint density at radius 3 is 2.45 bits per heavy atom. The van der Waals surface area contributed by atoms with Crippen LogP contribution in [0.4, 0.5) is 0 Å². The van der Waals surface area contributed by atoms with E-state index in [0.29, 0.717) is 5.16 Å². The van der Waals surface area contributed by atoms with E-state index in [4.69, 9.17) is 0 Å². The molecule has 0 aliphatic carbocycles. The van der Waals surface area contributed by atoms with Crippen LogP contribution in [0.2, 0.25) is 0 Å². The molecule has 0 radical (unpaired) electrons. The normalized spacial score (nSPS) is 15.5. The molecular formula is C6H9N3OS. The molecule has 1 rings (SSSR count). The van der Waals surface area contributed by atoms with E-state index in [1.165, 1.54) is 13.3 Å². The number of hydrogen-bond donors (Lipinski definition) is 0. The third-order valence-corrected chi connectivity index (χ3v) is 2.81. The van der Waals surface area contributed by atoms with Gasteiger partial charge in [0.2, 0.25) is 5.16 Å². The van der Waals surface area contributed by atoms with E-state index >= 15 is 0 Å². The lowest BCUT2D eigenvalue weighted by Crippen LogP contribution is -2.02. The van der Waals surface area contributed by atoms with Crippen molar-refractivity contribution in [3.63, 3.8) is 0 Å². The van der Waals surface area contributed by atoms with Crippen LogP contribution >= 0.6 is 0 Å². The predicted molar refractivity (Wildman–Crippen MR) is 42.7 cm³/mol. The molecule has 60 valence electrons. The highest BCUT2D eigenvalue weighted by Gasteiger charge is 2.05. The van der Waals surface area contributed by atoms with Crippen molar-refractivity contribution in [3.05, 3.63) is 18.5 Å². The van der Waals surface area contributed by atoms with Gasteiger partial charge in [0.1, 0.15) is 9.73 Å². The quantitative estimate of drug-likeness (QED) is 0.580. The first kappa shape index (κ1) is 8.13. The fourth-order valence-electron chi connectivity index (χ4n) is 0.563. The first-order valence-corrected chi connectivity index (χ1v) is 4.96. The number of aromatic nitrogens is 2. The van der Waals surface area contributed by atoms with E-state index in [9.17, 15) is 4.21 Å². The molecule has 0 amide bonds. The molecule has 11 heavy (non-hydrogen) atoms. The average Bonchev–Trinajstić information content (AvgIpc) is 2.06. The van der Waals surface area contributed by atoms with Gasteiger partial charge >= 0.3 is 0 Å². The molecule has 0 N–H and O–H groups in total. The van der Waals surface area contributed by atoms with Gasteiger partial charge in [-0.25, -0.2) is 18.5 Å². The predicted octanol–water partition coefficient (Wildman–Crippen LogP) is 0.563. The molecule has 4 nitrogen and oxygen atoms in total. The van der Waals surface area contributed by atoms with Crippen LogP contribution in [0.3, 0.4) is 0 Å². The Balaban J connectivity index is 3.25. The molecule has 1 heterocycles. The summed E-state index contributed by atoms with van der Waals surface area (Å²) in [5.41, 5.74) is 0. The fourth-order valence-corrected chi connectivity index (χ4v) is 1.24. The molecule has 0 aliphatic heterocycles. The Labute approximate surface area is 65.9 Å². The summed E-state index contributed by atoms with van der Waals surface area (Å²) in [6.07, 6.45) is 4.62. The maximum atomic E-state index is 11.5. The van der Waals surface area contributed by atoms with Gasteiger partial charge in [-0.15, -0.1) is 0 Å². The van der Waals surface area contributed by atoms with E-state index in [2.05, 4.69) is 14.3 Å². The van der Waals surface area contributed by atoms with Crippen LogP contribution in [0.1, 0.15) is 0 Å². The van der Waals surface area contributed by atoms with Crippen molar-refractivity contribution in [2.45, 2.75) is 5.16 Å². The standard InChI is InChI=1S/C6H9N3OS/c1-7-11(2,10)6-8-4-3-5-9-6/h3-5H,1-2H3/t11-/m0/s1. The van der Waals surface area contributed by atoms with Gasteiger partial charge in [-0.05, 0) is 6.07 Å². The minimum absolute atomic E-state index is 0.294. The smallest absolute Gasteiger partial charge is 0.226 e. The molecule has 0 aliphatic rings. The summed E-state index contributed by atoms with van der Waals surface area (Å²) in [5, 5.41) is 0.294. The molecule has 0 spiro atoms. The van der Waals surface area contributed by atoms with Gasteiger partial charge in [-0.2, -0.15) is 0 Å². The number of hydrogen-bond acceptors (Lipinski definition) is 4. The summed E-state index contributed by atoms with van der Waals surface area (Å²) in [6.45, 7) is 0. The average molecular weight is 171 g/mol. The molecule has 0 bridgehead atoms. The minimum atomic E-state index is -2.35. The van der Waals surface area contributed by atoms with E-state index < -0.39 is 9.73 Å². The van der Waals surface area contributed by atoms with Gasteiger partial charge in [-0.3, -0.25) is 0 Å². The second kappa shape index (κ2) is 2.96. The Morgan fingerprint density at radius 1 is 1.45 bits per heavy atom. The second-order valence-corrected chi connectivity index (χ2v) is 4.35. The maximum absolute atomic E-state index is 11.5. The lowest BCUT2D eigenvalue weighted by molar-refractivity contribution is 0.672. The van der Waals surface area contributed by atoms with Crippen molar-refractivity contribution in [1.82, 2.24) is 9.97 Å². The lowest BCUT2D eigenvalue weighted by Gasteiger charge is -1.97. The molecule has 0 saturated carbocycles. The van der Waals surface area contributed by atoms with E-state index in [0.717, 1.165) is 0 Å². The third-order valence-electron chi connectivity index (χ3n) is 1.23. The maximum Gasteiger partial charge on any atom is 0.226 e. The second-order valence-electron chi connectivity index (χ2n) is 2.02. The molecule has 0 saturated heterocycles. The third kappa shape index (κ3) is 1.74. The summed E-state index contributed by atoms with van der Waals surface area (Å²) >= 11 is 0. The Morgan fingerprint density at radius 2 is 2.00 bits per heavy atom. The summed E-state index contributed by atoms with van der Waals surface area (Å²) < 4.78 is 15.2. The van der Waals surface area contributed by atoms with Crippen molar-refractivity contribution >= 4 is 9.73 Å². The molecule has 1 atom stereocenters. The topological polar surface area (TPSA) is 55.2 Å². The van der Waals surface area contributed by atoms with E-state index in [1.807, 2.05) is 0 Å². The van der Waals surface area contributed by atoms with Gasteiger partial charge in [0, 0.05) is 25.7 Å². The van der Waals surface area contributed by atoms with Gasteiger partial charge < -0.3 is 0 Å². The van der Waals surface area contributed by atoms with Crippen molar-refractivity contribution in [2.75, 3.05) is 13.3 Å². The van der Waals surface area contributed by atoms with Gasteiger partial charge in [0.15, 0.2) is 0 Å². The van der Waals surface area contributed by atoms with Crippen molar-refractivity contribution in [1.29, 1.82) is 0 Å². The van der Waals surface area contributed by atoms with Gasteiger partial charge in [0.25, 0.3) is 0 Å². The van der Waals surface area contributed by atoms with Gasteiger partial charge in [0.05, 0.1) is 0 Å². The first-order chi connectivity index (χ1) is 5.17. The molecule has 0 fully saturated rings. The summed E-state index contributed by atoms with van der Waals surface area (Å²) in [7, 11) is -0.847. The van der Waals surface area contributed by atoms with Crippen LogP contribution in [0, 0.1) is 0 Å². The molecular weight excluding hydrogens is 162 g/mol. The summed E-state index contributed by atoms with van der Waals surface area (Å²) in [6, 6.07) is 1.68. The monoisotopic (exact) mass is 171 g/mol. The zero-order valence-corrected chi connectivity index (χ0v) is 7.21. The summed E-state index contributed by atoms with van der Waals surface area (Å²) in [4.78, 5) is 7.68. The highest BCUT2D eigenvalue weighted by molar-refractivity contribution is 7.92. The zero-order chi connectivity index (χ0) is 8.32. The van der Waals surface area contributed by atoms with Crippen LogP contribution in [-0.4, -0.2) is 27.5 Å². The van der Waals surface area contributed by atoms with Crippen molar-refractivity contribution in [3.8, 4) is 0 Å². The van der Waals surface area contributed by atoms with Crippen LogP contribution in [0.25, 0.3) is 0 Å². The zero-order valence-electron chi connectivity index (χ0n) is 6.39. The van der Waals surface area contributed by atoms with Crippen LogP contribution in [-0.2, 0) is 9.73 Å². The van der Waals surface area contributed by atoms with E-state index in [-0.39, 0.29) is 0 Å². The SMILES string of the molecule is CN=[S@@](C)(=O)c1ncccn1. The molecule has 0 aromatic carbocycles. The first-order valence-electron chi connectivity index (χ1n) is 3.04. The molecule has 1 aromatic heterocycles. The van der Waals surface area contributed by atoms with Crippen LogP contribution < -0.4 is 0 Å². The summed E-state index contributed by atoms with van der Waals surface area (Å²) in [5.74, 6) is 0. The van der Waals surface area contributed by atoms with Crippen LogP contribution in [0.5, 0.6) is 0 Å². The number of nitrogens with zero attached hydrogens (tertiary/aromatic N) is 3. The molecule has 0 unspecified atom stereocenters. The fraction of sp³-hybridized carbons (Fsp3) is 0.333. The number of rotatable bonds is 1. The lowest BCUT2D eigenvalue weighted by atomic mass is 10.7. The van der Waals surface area contributed by atoms with Gasteiger partial charge in [-0.1, -0.05) is 0 Å². The highest BCUT2D eigenvalue weighted by atomic mass is 32.2. The van der Waals surface area contributed by atoms with Crippen LogP contribution in [0.15, 0.2) is 28.0 Å². The molecule has 5 heteroatoms. The Bertz CT molecular complexity index is 340. The Kier molecular flexibility index (Phi) is 2.19. The molecule has 1 aromatic rings. The minimum Gasteiger partial charge on any atom is -0.242 e. The Hall–Kier alpha value is -0.970.